The van der Waals surface area contributed by atoms with Crippen molar-refractivity contribution >= 4 is 5.69 Å². The molecule has 19 heavy (non-hydrogen) atoms. The molecule has 4 heteroatoms. The number of nitrogens with two attached hydrogens (primary N) is 1. The molecule has 0 saturated carbocycles. The maximum atomic E-state index is 5.71. The van der Waals surface area contributed by atoms with Crippen molar-refractivity contribution in [3.63, 3.8) is 0 Å². The number of hydrogen-bond acceptors (Lipinski definition) is 4. The lowest BCUT2D eigenvalue weighted by Gasteiger charge is -2.31. The lowest BCUT2D eigenvalue weighted by Crippen LogP contribution is -2.40. The van der Waals surface area contributed by atoms with E-state index in [-0.39, 0.29) is 0 Å². The normalized spacial score (nSPS) is 20.4. The molecule has 1 aromatic rings. The van der Waals surface area contributed by atoms with Crippen molar-refractivity contribution in [1.29, 1.82) is 0 Å². The maximum Gasteiger partial charge on any atom is 0.121 e. The molecule has 1 aliphatic heterocycles. The molecule has 0 amide bonds. The second-order valence-electron chi connectivity index (χ2n) is 5.08. The first-order valence-corrected chi connectivity index (χ1v) is 7.01. The molecule has 1 fully saturated rings. The van der Waals surface area contributed by atoms with E-state index < -0.39 is 0 Å². The van der Waals surface area contributed by atoms with Crippen LogP contribution in [0.2, 0.25) is 0 Å². The fraction of sp³-hybridized carbons (Fsp3) is 0.600. The van der Waals surface area contributed by atoms with Gasteiger partial charge in [0.1, 0.15) is 5.75 Å². The zero-order valence-electron chi connectivity index (χ0n) is 11.7. The number of nitrogens with zero attached hydrogens (tertiary/aromatic N) is 1. The van der Waals surface area contributed by atoms with E-state index in [0.717, 1.165) is 37.6 Å². The summed E-state index contributed by atoms with van der Waals surface area (Å²) >= 11 is 0. The van der Waals surface area contributed by atoms with E-state index in [0.29, 0.717) is 6.10 Å². The second kappa shape index (κ2) is 7.36. The first-order chi connectivity index (χ1) is 9.28. The van der Waals surface area contributed by atoms with Gasteiger partial charge in [0, 0.05) is 32.0 Å². The van der Waals surface area contributed by atoms with Gasteiger partial charge in [-0.25, -0.2) is 0 Å². The molecule has 2 rings (SSSR count). The van der Waals surface area contributed by atoms with E-state index in [1.54, 1.807) is 7.11 Å². The van der Waals surface area contributed by atoms with Gasteiger partial charge in [-0.05, 0) is 37.9 Å². The predicted octanol–water partition coefficient (Wildman–Crippen LogP) is 2.15. The quantitative estimate of drug-likeness (QED) is 0.632. The Labute approximate surface area is 115 Å². The number of likely N-dealkylation sites (tertiary alicyclic amines) is 1. The Morgan fingerprint density at radius 3 is 3.11 bits per heavy atom. The van der Waals surface area contributed by atoms with Crippen LogP contribution in [0.3, 0.4) is 0 Å². The number of methoxy groups -OCH3 is 1. The van der Waals surface area contributed by atoms with E-state index in [2.05, 4.69) is 4.90 Å². The van der Waals surface area contributed by atoms with Crippen molar-refractivity contribution in [3.8, 4) is 5.75 Å². The first kappa shape index (κ1) is 14.2. The minimum atomic E-state index is 0.406. The van der Waals surface area contributed by atoms with E-state index in [1.807, 2.05) is 24.3 Å². The Hall–Kier alpha value is -1.26. The summed E-state index contributed by atoms with van der Waals surface area (Å²) in [4.78, 5) is 2.46. The Bertz CT molecular complexity index is 384. The summed E-state index contributed by atoms with van der Waals surface area (Å²) in [6, 6.07) is 7.59. The zero-order chi connectivity index (χ0) is 13.5. The third-order valence-corrected chi connectivity index (χ3v) is 3.54. The second-order valence-corrected chi connectivity index (χ2v) is 5.08. The standard InChI is InChI=1S/C15H24N2O2/c1-18-15-7-3-8-17(12-15)9-4-10-19-14-6-2-5-13(16)11-14/h2,5-6,11,15H,3-4,7-10,12,16H2,1H3. The molecule has 1 unspecified atom stereocenters. The zero-order valence-corrected chi connectivity index (χ0v) is 11.7. The van der Waals surface area contributed by atoms with Crippen molar-refractivity contribution in [2.24, 2.45) is 0 Å². The lowest BCUT2D eigenvalue weighted by molar-refractivity contribution is 0.0299. The van der Waals surface area contributed by atoms with Gasteiger partial charge in [-0.2, -0.15) is 0 Å². The first-order valence-electron chi connectivity index (χ1n) is 7.01. The van der Waals surface area contributed by atoms with Gasteiger partial charge in [0.25, 0.3) is 0 Å². The average molecular weight is 264 g/mol. The third kappa shape index (κ3) is 4.73. The van der Waals surface area contributed by atoms with Gasteiger partial charge in [-0.1, -0.05) is 6.07 Å². The fourth-order valence-corrected chi connectivity index (χ4v) is 2.49. The Balaban J connectivity index is 1.64. The van der Waals surface area contributed by atoms with Crippen LogP contribution < -0.4 is 10.5 Å². The molecule has 1 aromatic carbocycles. The molecule has 0 bridgehead atoms. The minimum Gasteiger partial charge on any atom is -0.493 e. The van der Waals surface area contributed by atoms with E-state index in [1.165, 1.54) is 19.4 Å². The van der Waals surface area contributed by atoms with Crippen LogP contribution in [0, 0.1) is 0 Å². The van der Waals surface area contributed by atoms with Crippen LogP contribution >= 0.6 is 0 Å². The maximum absolute atomic E-state index is 5.71. The van der Waals surface area contributed by atoms with Crippen LogP contribution in [0.1, 0.15) is 19.3 Å². The van der Waals surface area contributed by atoms with Crippen LogP contribution in [0.15, 0.2) is 24.3 Å². The van der Waals surface area contributed by atoms with Crippen LogP contribution in [-0.4, -0.2) is 44.4 Å². The lowest BCUT2D eigenvalue weighted by atomic mass is 10.1. The van der Waals surface area contributed by atoms with Gasteiger partial charge in [0.15, 0.2) is 0 Å². The summed E-state index contributed by atoms with van der Waals surface area (Å²) in [5.74, 6) is 0.855. The summed E-state index contributed by atoms with van der Waals surface area (Å²) in [5, 5.41) is 0. The molecule has 0 aromatic heterocycles. The van der Waals surface area contributed by atoms with Crippen LogP contribution in [0.5, 0.6) is 5.75 Å². The van der Waals surface area contributed by atoms with Gasteiger partial charge in [0.2, 0.25) is 0 Å². The van der Waals surface area contributed by atoms with Crippen LogP contribution in [0.25, 0.3) is 0 Å². The van der Waals surface area contributed by atoms with Crippen molar-refractivity contribution in [1.82, 2.24) is 4.90 Å². The summed E-state index contributed by atoms with van der Waals surface area (Å²) in [5.41, 5.74) is 6.45. The molecule has 4 nitrogen and oxygen atoms in total. The SMILES string of the molecule is COC1CCCN(CCCOc2cccc(N)c2)C1. The number of piperidine rings is 1. The fourth-order valence-electron chi connectivity index (χ4n) is 2.49. The molecule has 0 spiro atoms. The van der Waals surface area contributed by atoms with Crippen molar-refractivity contribution < 1.29 is 9.47 Å². The molecular formula is C15H24N2O2. The molecule has 1 saturated heterocycles. The largest absolute Gasteiger partial charge is 0.493 e. The van der Waals surface area contributed by atoms with Crippen molar-refractivity contribution in [2.45, 2.75) is 25.4 Å². The van der Waals surface area contributed by atoms with Gasteiger partial charge in [-0.15, -0.1) is 0 Å². The number of hydrogen-bond donors (Lipinski definition) is 1. The third-order valence-electron chi connectivity index (χ3n) is 3.54. The summed E-state index contributed by atoms with van der Waals surface area (Å²) in [6.07, 6.45) is 3.86. The number of ether oxygens (including phenoxy) is 2. The van der Waals surface area contributed by atoms with Gasteiger partial charge >= 0.3 is 0 Å². The monoisotopic (exact) mass is 264 g/mol. The van der Waals surface area contributed by atoms with Gasteiger partial charge in [-0.3, -0.25) is 0 Å². The minimum absolute atomic E-state index is 0.406. The van der Waals surface area contributed by atoms with Crippen molar-refractivity contribution in [3.05, 3.63) is 24.3 Å². The molecule has 2 N–H and O–H groups in total. The number of benzene rings is 1. The van der Waals surface area contributed by atoms with Gasteiger partial charge in [0.05, 0.1) is 12.7 Å². The highest BCUT2D eigenvalue weighted by Gasteiger charge is 2.18. The number of nitrogen functional groups attached to an aromatic ring is 1. The van der Waals surface area contributed by atoms with Crippen LogP contribution in [-0.2, 0) is 4.74 Å². The summed E-state index contributed by atoms with van der Waals surface area (Å²) < 4.78 is 11.1. The van der Waals surface area contributed by atoms with Gasteiger partial charge < -0.3 is 20.1 Å². The molecule has 0 radical (unpaired) electrons. The molecule has 0 aliphatic carbocycles. The topological polar surface area (TPSA) is 47.7 Å². The Kier molecular flexibility index (Phi) is 5.48. The highest BCUT2D eigenvalue weighted by Crippen LogP contribution is 2.15. The highest BCUT2D eigenvalue weighted by atomic mass is 16.5. The molecule has 1 atom stereocenters. The number of anilines is 1. The van der Waals surface area contributed by atoms with E-state index >= 15 is 0 Å². The van der Waals surface area contributed by atoms with Crippen molar-refractivity contribution in [2.75, 3.05) is 39.1 Å². The molecule has 106 valence electrons. The Morgan fingerprint density at radius 1 is 1.42 bits per heavy atom. The van der Waals surface area contributed by atoms with E-state index in [4.69, 9.17) is 15.2 Å². The van der Waals surface area contributed by atoms with Crippen LogP contribution in [0.4, 0.5) is 5.69 Å². The molecule has 1 heterocycles. The predicted molar refractivity (Wildman–Crippen MR) is 77.4 cm³/mol. The summed E-state index contributed by atoms with van der Waals surface area (Å²) in [6.45, 7) is 4.03. The molecular weight excluding hydrogens is 240 g/mol. The average Bonchev–Trinajstić information content (AvgIpc) is 2.44. The Morgan fingerprint density at radius 2 is 2.32 bits per heavy atom. The summed E-state index contributed by atoms with van der Waals surface area (Å²) in [7, 11) is 1.80. The number of rotatable bonds is 6. The molecule has 1 aliphatic rings. The highest BCUT2D eigenvalue weighted by molar-refractivity contribution is 5.43. The smallest absolute Gasteiger partial charge is 0.121 e. The van der Waals surface area contributed by atoms with E-state index in [9.17, 15) is 0 Å².